The van der Waals surface area contributed by atoms with E-state index in [0.29, 0.717) is 42.7 Å². The second kappa shape index (κ2) is 5.90. The number of likely N-dealkylation sites (tertiary alicyclic amines) is 1. The molecule has 1 fully saturated rings. The van der Waals surface area contributed by atoms with Crippen molar-refractivity contribution in [2.75, 3.05) is 13.1 Å². The molecule has 4 rings (SSSR count). The molecule has 0 bridgehead atoms. The summed E-state index contributed by atoms with van der Waals surface area (Å²) in [5.41, 5.74) is 2.15. The summed E-state index contributed by atoms with van der Waals surface area (Å²) >= 11 is 0. The maximum Gasteiger partial charge on any atom is 0.344 e. The first-order valence-corrected chi connectivity index (χ1v) is 7.96. The Morgan fingerprint density at radius 2 is 2.12 bits per heavy atom. The SMILES string of the molecule is N#CC1CCN(C(=O)n2cc(-c3ccnc4[nH]c(=O)[nH]c34)cn2)CC1. The van der Waals surface area contributed by atoms with Crippen LogP contribution in [0, 0.1) is 17.2 Å². The van der Waals surface area contributed by atoms with Crippen molar-refractivity contribution >= 4 is 17.2 Å². The Morgan fingerprint density at radius 3 is 2.88 bits per heavy atom. The zero-order chi connectivity index (χ0) is 17.4. The number of pyridine rings is 1. The number of hydrogen-bond donors (Lipinski definition) is 2. The molecule has 0 aromatic carbocycles. The van der Waals surface area contributed by atoms with Gasteiger partial charge in [0.25, 0.3) is 0 Å². The number of H-pyrrole nitrogens is 2. The number of amides is 1. The van der Waals surface area contributed by atoms with E-state index in [9.17, 15) is 9.59 Å². The number of imidazole rings is 1. The average molecular weight is 337 g/mol. The predicted octanol–water partition coefficient (Wildman–Crippen LogP) is 1.32. The summed E-state index contributed by atoms with van der Waals surface area (Å²) in [6, 6.07) is 3.80. The highest BCUT2D eigenvalue weighted by Gasteiger charge is 2.24. The first-order valence-electron chi connectivity index (χ1n) is 7.96. The highest BCUT2D eigenvalue weighted by Crippen LogP contribution is 2.24. The van der Waals surface area contributed by atoms with Gasteiger partial charge in [0.1, 0.15) is 0 Å². The van der Waals surface area contributed by atoms with Crippen LogP contribution in [0.5, 0.6) is 0 Å². The van der Waals surface area contributed by atoms with Crippen molar-refractivity contribution in [1.82, 2.24) is 29.6 Å². The number of nitriles is 1. The standard InChI is InChI=1S/C16H15N7O2/c17-7-10-2-5-22(6-3-10)16(25)23-9-11(8-19-23)12-1-4-18-14-13(12)20-15(24)21-14/h1,4,8-10H,2-3,5-6H2,(H2,18,20,21,24). The van der Waals surface area contributed by atoms with E-state index < -0.39 is 0 Å². The van der Waals surface area contributed by atoms with Gasteiger partial charge in [0.15, 0.2) is 5.65 Å². The molecule has 3 aromatic rings. The number of aromatic nitrogens is 5. The lowest BCUT2D eigenvalue weighted by Gasteiger charge is -2.28. The van der Waals surface area contributed by atoms with E-state index in [1.165, 1.54) is 4.68 Å². The van der Waals surface area contributed by atoms with E-state index in [2.05, 4.69) is 26.1 Å². The Kier molecular flexibility index (Phi) is 3.57. The summed E-state index contributed by atoms with van der Waals surface area (Å²) in [6.07, 6.45) is 6.18. The summed E-state index contributed by atoms with van der Waals surface area (Å²) < 4.78 is 1.29. The molecule has 9 nitrogen and oxygen atoms in total. The lowest BCUT2D eigenvalue weighted by Crippen LogP contribution is -2.40. The van der Waals surface area contributed by atoms with Crippen LogP contribution >= 0.6 is 0 Å². The Labute approximate surface area is 141 Å². The second-order valence-corrected chi connectivity index (χ2v) is 6.01. The van der Waals surface area contributed by atoms with Crippen molar-refractivity contribution in [3.05, 3.63) is 35.1 Å². The first-order chi connectivity index (χ1) is 12.2. The quantitative estimate of drug-likeness (QED) is 0.693. The van der Waals surface area contributed by atoms with Crippen LogP contribution < -0.4 is 5.69 Å². The van der Waals surface area contributed by atoms with Gasteiger partial charge in [-0.25, -0.2) is 14.6 Å². The van der Waals surface area contributed by atoms with Crippen LogP contribution in [-0.2, 0) is 0 Å². The second-order valence-electron chi connectivity index (χ2n) is 6.01. The van der Waals surface area contributed by atoms with Gasteiger partial charge in [-0.05, 0) is 18.9 Å². The predicted molar refractivity (Wildman–Crippen MR) is 88.6 cm³/mol. The molecule has 126 valence electrons. The largest absolute Gasteiger partial charge is 0.344 e. The number of nitrogens with zero attached hydrogens (tertiary/aromatic N) is 5. The fraction of sp³-hybridized carbons (Fsp3) is 0.312. The molecule has 1 saturated heterocycles. The van der Waals surface area contributed by atoms with Gasteiger partial charge >= 0.3 is 11.7 Å². The molecule has 2 N–H and O–H groups in total. The third-order valence-electron chi connectivity index (χ3n) is 4.46. The maximum absolute atomic E-state index is 12.6. The zero-order valence-electron chi connectivity index (χ0n) is 13.3. The molecule has 0 saturated carbocycles. The van der Waals surface area contributed by atoms with Crippen LogP contribution in [0.2, 0.25) is 0 Å². The lowest BCUT2D eigenvalue weighted by molar-refractivity contribution is 0.177. The summed E-state index contributed by atoms with van der Waals surface area (Å²) in [7, 11) is 0. The normalized spacial score (nSPS) is 15.4. The number of carbonyl (C=O) groups is 1. The van der Waals surface area contributed by atoms with Crippen molar-refractivity contribution in [2.24, 2.45) is 5.92 Å². The van der Waals surface area contributed by atoms with Gasteiger partial charge < -0.3 is 9.88 Å². The number of hydrogen-bond acceptors (Lipinski definition) is 5. The fourth-order valence-corrected chi connectivity index (χ4v) is 3.09. The highest BCUT2D eigenvalue weighted by atomic mass is 16.2. The van der Waals surface area contributed by atoms with Gasteiger partial charge in [-0.15, -0.1) is 0 Å². The fourth-order valence-electron chi connectivity index (χ4n) is 3.09. The smallest absolute Gasteiger partial charge is 0.323 e. The van der Waals surface area contributed by atoms with E-state index >= 15 is 0 Å². The van der Waals surface area contributed by atoms with Gasteiger partial charge in [0, 0.05) is 42.5 Å². The minimum absolute atomic E-state index is 0.0211. The minimum atomic E-state index is -0.334. The van der Waals surface area contributed by atoms with Crippen molar-refractivity contribution < 1.29 is 4.79 Å². The molecule has 1 aliphatic heterocycles. The van der Waals surface area contributed by atoms with Gasteiger partial charge in [-0.1, -0.05) is 0 Å². The summed E-state index contributed by atoms with van der Waals surface area (Å²) in [6.45, 7) is 1.10. The van der Waals surface area contributed by atoms with Crippen LogP contribution in [-0.4, -0.2) is 48.8 Å². The molecule has 4 heterocycles. The third-order valence-corrected chi connectivity index (χ3v) is 4.46. The Hall–Kier alpha value is -3.41. The number of carbonyl (C=O) groups excluding carboxylic acids is 1. The molecule has 0 aliphatic carbocycles. The van der Waals surface area contributed by atoms with Crippen molar-refractivity contribution in [3.8, 4) is 17.2 Å². The van der Waals surface area contributed by atoms with Gasteiger partial charge in [-0.2, -0.15) is 15.0 Å². The molecule has 25 heavy (non-hydrogen) atoms. The van der Waals surface area contributed by atoms with E-state index in [0.717, 1.165) is 5.56 Å². The van der Waals surface area contributed by atoms with Crippen molar-refractivity contribution in [1.29, 1.82) is 5.26 Å². The van der Waals surface area contributed by atoms with Gasteiger partial charge in [-0.3, -0.25) is 4.98 Å². The Balaban J connectivity index is 1.61. The molecule has 0 spiro atoms. The maximum atomic E-state index is 12.6. The molecule has 0 unspecified atom stereocenters. The highest BCUT2D eigenvalue weighted by molar-refractivity contribution is 5.89. The van der Waals surface area contributed by atoms with Crippen molar-refractivity contribution in [2.45, 2.75) is 12.8 Å². The summed E-state index contributed by atoms with van der Waals surface area (Å²) in [4.78, 5) is 35.2. The zero-order valence-corrected chi connectivity index (χ0v) is 13.3. The van der Waals surface area contributed by atoms with Gasteiger partial charge in [0.05, 0.1) is 17.8 Å². The van der Waals surface area contributed by atoms with Gasteiger partial charge in [0.2, 0.25) is 0 Å². The van der Waals surface area contributed by atoms with E-state index in [1.807, 2.05) is 0 Å². The monoisotopic (exact) mass is 337 g/mol. The topological polar surface area (TPSA) is 123 Å². The molecule has 1 amide bonds. The number of aromatic amines is 2. The molecule has 3 aromatic heterocycles. The van der Waals surface area contributed by atoms with Crippen LogP contribution in [0.15, 0.2) is 29.5 Å². The number of piperidine rings is 1. The third kappa shape index (κ3) is 2.67. The van der Waals surface area contributed by atoms with E-state index in [1.54, 1.807) is 29.6 Å². The number of nitrogens with one attached hydrogen (secondary N) is 2. The summed E-state index contributed by atoms with van der Waals surface area (Å²) in [5.74, 6) is 0.0211. The number of rotatable bonds is 1. The molecular formula is C16H15N7O2. The van der Waals surface area contributed by atoms with E-state index in [4.69, 9.17) is 5.26 Å². The van der Waals surface area contributed by atoms with Crippen molar-refractivity contribution in [3.63, 3.8) is 0 Å². The average Bonchev–Trinajstić information content (AvgIpc) is 3.26. The number of fused-ring (bicyclic) bond motifs is 1. The molecule has 0 atom stereocenters. The lowest BCUT2D eigenvalue weighted by atomic mass is 9.99. The Bertz CT molecular complexity index is 1030. The molecular weight excluding hydrogens is 322 g/mol. The minimum Gasteiger partial charge on any atom is -0.323 e. The summed E-state index contributed by atoms with van der Waals surface area (Å²) in [5, 5.41) is 13.1. The molecule has 9 heteroatoms. The molecule has 1 aliphatic rings. The molecule has 0 radical (unpaired) electrons. The van der Waals surface area contributed by atoms with E-state index in [-0.39, 0.29) is 17.6 Å². The van der Waals surface area contributed by atoms with Crippen LogP contribution in [0.3, 0.4) is 0 Å². The van der Waals surface area contributed by atoms with Crippen LogP contribution in [0.25, 0.3) is 22.3 Å². The van der Waals surface area contributed by atoms with Crippen LogP contribution in [0.1, 0.15) is 12.8 Å². The first kappa shape index (κ1) is 15.1. The van der Waals surface area contributed by atoms with Crippen LogP contribution in [0.4, 0.5) is 4.79 Å². The Morgan fingerprint density at radius 1 is 1.32 bits per heavy atom.